The van der Waals surface area contributed by atoms with E-state index in [2.05, 4.69) is 0 Å². The number of nitrogens with zero attached hydrogens (tertiary/aromatic N) is 1. The Morgan fingerprint density at radius 2 is 2.31 bits per heavy atom. The largest absolute Gasteiger partial charge is 0.395 e. The van der Waals surface area contributed by atoms with E-state index in [4.69, 9.17) is 10.8 Å². The highest BCUT2D eigenvalue weighted by atomic mass is 32.1. The van der Waals surface area contributed by atoms with Crippen LogP contribution in [0.4, 0.5) is 0 Å². The molecule has 0 aromatic carbocycles. The van der Waals surface area contributed by atoms with Gasteiger partial charge in [-0.1, -0.05) is 6.07 Å². The lowest BCUT2D eigenvalue weighted by Gasteiger charge is -2.28. The van der Waals surface area contributed by atoms with E-state index in [-0.39, 0.29) is 18.6 Å². The van der Waals surface area contributed by atoms with Gasteiger partial charge in [-0.05, 0) is 25.3 Å². The lowest BCUT2D eigenvalue weighted by atomic mass is 10.2. The summed E-state index contributed by atoms with van der Waals surface area (Å²) in [5.41, 5.74) is 5.89. The van der Waals surface area contributed by atoms with E-state index in [1.54, 1.807) is 4.90 Å². The first kappa shape index (κ1) is 13.2. The van der Waals surface area contributed by atoms with Crippen LogP contribution in [-0.4, -0.2) is 35.1 Å². The van der Waals surface area contributed by atoms with Crippen molar-refractivity contribution in [1.82, 2.24) is 4.90 Å². The van der Waals surface area contributed by atoms with Crippen molar-refractivity contribution in [3.8, 4) is 0 Å². The van der Waals surface area contributed by atoms with Crippen LogP contribution >= 0.6 is 11.3 Å². The summed E-state index contributed by atoms with van der Waals surface area (Å²) in [6.07, 6.45) is 0. The van der Waals surface area contributed by atoms with Gasteiger partial charge in [0.05, 0.1) is 6.61 Å². The first-order valence-electron chi connectivity index (χ1n) is 5.28. The third-order valence-corrected chi connectivity index (χ3v) is 3.32. The molecule has 3 N–H and O–H groups in total. The molecule has 1 atom stereocenters. The number of thiophene rings is 1. The second-order valence-electron chi connectivity index (χ2n) is 3.84. The van der Waals surface area contributed by atoms with Gasteiger partial charge >= 0.3 is 0 Å². The van der Waals surface area contributed by atoms with Crippen molar-refractivity contribution in [3.05, 3.63) is 22.4 Å². The molecular weight excluding hydrogens is 224 g/mol. The van der Waals surface area contributed by atoms with Crippen LogP contribution in [0.1, 0.15) is 24.8 Å². The van der Waals surface area contributed by atoms with Crippen LogP contribution in [-0.2, 0) is 4.79 Å². The topological polar surface area (TPSA) is 66.6 Å². The van der Waals surface area contributed by atoms with E-state index in [1.165, 1.54) is 11.3 Å². The Hall–Kier alpha value is -0.910. The van der Waals surface area contributed by atoms with Crippen molar-refractivity contribution < 1.29 is 9.90 Å². The minimum absolute atomic E-state index is 0.0406. The number of amides is 1. The molecule has 0 radical (unpaired) electrons. The third-order valence-electron chi connectivity index (χ3n) is 2.36. The smallest absolute Gasteiger partial charge is 0.245 e. The SMILES string of the molecule is CC(C)N(CCO)C(=O)C(N)c1cccs1. The Morgan fingerprint density at radius 1 is 1.62 bits per heavy atom. The maximum atomic E-state index is 12.1. The van der Waals surface area contributed by atoms with E-state index in [9.17, 15) is 4.79 Å². The Balaban J connectivity index is 2.74. The molecule has 1 aromatic heterocycles. The molecular formula is C11H18N2O2S. The van der Waals surface area contributed by atoms with Gasteiger partial charge in [-0.15, -0.1) is 11.3 Å². The van der Waals surface area contributed by atoms with Crippen molar-refractivity contribution in [2.24, 2.45) is 5.73 Å². The number of aliphatic hydroxyl groups is 1. The second kappa shape index (κ2) is 5.98. The van der Waals surface area contributed by atoms with Gasteiger partial charge in [-0.25, -0.2) is 0 Å². The number of rotatable bonds is 5. The fraction of sp³-hybridized carbons (Fsp3) is 0.545. The number of hydrogen-bond donors (Lipinski definition) is 2. The van der Waals surface area contributed by atoms with Crippen LogP contribution in [0, 0.1) is 0 Å². The molecule has 1 amide bonds. The van der Waals surface area contributed by atoms with Crippen LogP contribution in [0.5, 0.6) is 0 Å². The van der Waals surface area contributed by atoms with Crippen LogP contribution in [0.3, 0.4) is 0 Å². The first-order chi connectivity index (χ1) is 7.57. The summed E-state index contributed by atoms with van der Waals surface area (Å²) in [6, 6.07) is 3.16. The van der Waals surface area contributed by atoms with Gasteiger partial charge < -0.3 is 15.7 Å². The van der Waals surface area contributed by atoms with Gasteiger partial charge in [0.25, 0.3) is 0 Å². The normalized spacial score (nSPS) is 12.8. The number of aliphatic hydroxyl groups excluding tert-OH is 1. The molecule has 90 valence electrons. The average Bonchev–Trinajstić information content (AvgIpc) is 2.76. The van der Waals surface area contributed by atoms with E-state index < -0.39 is 6.04 Å². The van der Waals surface area contributed by atoms with Crippen LogP contribution < -0.4 is 5.73 Å². The summed E-state index contributed by atoms with van der Waals surface area (Å²) >= 11 is 1.47. The molecule has 0 saturated heterocycles. The molecule has 5 heteroatoms. The standard InChI is InChI=1S/C11H18N2O2S/c1-8(2)13(5-6-14)11(15)10(12)9-4-3-7-16-9/h3-4,7-8,10,14H,5-6,12H2,1-2H3. The lowest BCUT2D eigenvalue weighted by Crippen LogP contribution is -2.43. The highest BCUT2D eigenvalue weighted by Gasteiger charge is 2.24. The van der Waals surface area contributed by atoms with Crippen molar-refractivity contribution in [2.75, 3.05) is 13.2 Å². The van der Waals surface area contributed by atoms with Gasteiger partial charge in [-0.3, -0.25) is 4.79 Å². The molecule has 0 spiro atoms. The van der Waals surface area contributed by atoms with Gasteiger partial charge in [0.1, 0.15) is 6.04 Å². The second-order valence-corrected chi connectivity index (χ2v) is 4.82. The minimum Gasteiger partial charge on any atom is -0.395 e. The number of carbonyl (C=O) groups is 1. The summed E-state index contributed by atoms with van der Waals surface area (Å²) in [4.78, 5) is 14.5. The highest BCUT2D eigenvalue weighted by molar-refractivity contribution is 7.10. The van der Waals surface area contributed by atoms with E-state index in [1.807, 2.05) is 31.4 Å². The van der Waals surface area contributed by atoms with Crippen molar-refractivity contribution in [1.29, 1.82) is 0 Å². The van der Waals surface area contributed by atoms with Gasteiger partial charge in [0, 0.05) is 17.5 Å². The quantitative estimate of drug-likeness (QED) is 0.808. The van der Waals surface area contributed by atoms with Gasteiger partial charge in [0.15, 0.2) is 0 Å². The zero-order valence-corrected chi connectivity index (χ0v) is 10.4. The average molecular weight is 242 g/mol. The number of nitrogens with two attached hydrogens (primary N) is 1. The fourth-order valence-corrected chi connectivity index (χ4v) is 2.22. The zero-order chi connectivity index (χ0) is 12.1. The van der Waals surface area contributed by atoms with Gasteiger partial charge in [-0.2, -0.15) is 0 Å². The fourth-order valence-electron chi connectivity index (χ4n) is 1.50. The zero-order valence-electron chi connectivity index (χ0n) is 9.59. The summed E-state index contributed by atoms with van der Waals surface area (Å²) in [6.45, 7) is 4.11. The molecule has 1 rings (SSSR count). The summed E-state index contributed by atoms with van der Waals surface area (Å²) in [5, 5.41) is 10.8. The molecule has 0 aliphatic heterocycles. The molecule has 0 aliphatic rings. The molecule has 0 saturated carbocycles. The van der Waals surface area contributed by atoms with Crippen LogP contribution in [0.2, 0.25) is 0 Å². The third kappa shape index (κ3) is 3.04. The molecule has 0 fully saturated rings. The predicted molar refractivity (Wildman–Crippen MR) is 65.2 cm³/mol. The summed E-state index contributed by atoms with van der Waals surface area (Å²) in [7, 11) is 0. The monoisotopic (exact) mass is 242 g/mol. The number of carbonyl (C=O) groups excluding carboxylic acids is 1. The molecule has 1 unspecified atom stereocenters. The number of hydrogen-bond acceptors (Lipinski definition) is 4. The van der Waals surface area contributed by atoms with E-state index in [0.29, 0.717) is 6.54 Å². The Bertz CT molecular complexity index is 325. The minimum atomic E-state index is -0.617. The Kier molecular flexibility index (Phi) is 4.92. The molecule has 16 heavy (non-hydrogen) atoms. The van der Waals surface area contributed by atoms with Crippen molar-refractivity contribution >= 4 is 17.2 Å². The van der Waals surface area contributed by atoms with Crippen LogP contribution in [0.25, 0.3) is 0 Å². The van der Waals surface area contributed by atoms with Crippen molar-refractivity contribution in [3.63, 3.8) is 0 Å². The maximum Gasteiger partial charge on any atom is 0.245 e. The van der Waals surface area contributed by atoms with Crippen molar-refractivity contribution in [2.45, 2.75) is 25.9 Å². The van der Waals surface area contributed by atoms with Crippen LogP contribution in [0.15, 0.2) is 17.5 Å². The maximum absolute atomic E-state index is 12.1. The van der Waals surface area contributed by atoms with E-state index >= 15 is 0 Å². The lowest BCUT2D eigenvalue weighted by molar-refractivity contribution is -0.134. The molecule has 0 bridgehead atoms. The summed E-state index contributed by atoms with van der Waals surface area (Å²) in [5.74, 6) is -0.133. The molecule has 0 aliphatic carbocycles. The molecule has 4 nitrogen and oxygen atoms in total. The Labute approximate surface area is 99.7 Å². The summed E-state index contributed by atoms with van der Waals surface area (Å²) < 4.78 is 0. The van der Waals surface area contributed by atoms with E-state index in [0.717, 1.165) is 4.88 Å². The molecule has 1 heterocycles. The van der Waals surface area contributed by atoms with Gasteiger partial charge in [0.2, 0.25) is 5.91 Å². The molecule has 1 aromatic rings. The predicted octanol–water partition coefficient (Wildman–Crippen LogP) is 0.977. The Morgan fingerprint density at radius 3 is 2.75 bits per heavy atom. The first-order valence-corrected chi connectivity index (χ1v) is 6.16. The highest BCUT2D eigenvalue weighted by Crippen LogP contribution is 2.19.